The van der Waals surface area contributed by atoms with Crippen molar-refractivity contribution in [3.63, 3.8) is 0 Å². The van der Waals surface area contributed by atoms with Crippen molar-refractivity contribution in [1.82, 2.24) is 5.32 Å². The second-order valence-corrected chi connectivity index (χ2v) is 4.08. The highest BCUT2D eigenvalue weighted by molar-refractivity contribution is 7.07. The van der Waals surface area contributed by atoms with E-state index in [9.17, 15) is 4.79 Å². The molecule has 1 heterocycles. The third-order valence-corrected chi connectivity index (χ3v) is 2.88. The maximum absolute atomic E-state index is 11.4. The third-order valence-electron chi connectivity index (χ3n) is 2.18. The summed E-state index contributed by atoms with van der Waals surface area (Å²) >= 11 is 1.63. The Morgan fingerprint density at radius 3 is 2.93 bits per heavy atom. The molecule has 1 aromatic heterocycles. The van der Waals surface area contributed by atoms with E-state index in [0.717, 1.165) is 5.56 Å². The van der Waals surface area contributed by atoms with E-state index in [4.69, 9.17) is 5.73 Å². The lowest BCUT2D eigenvalue weighted by molar-refractivity contribution is -0.123. The van der Waals surface area contributed by atoms with Crippen molar-refractivity contribution < 1.29 is 4.79 Å². The molecule has 3 N–H and O–H groups in total. The molecular formula is C10H16N2OS. The van der Waals surface area contributed by atoms with E-state index in [1.165, 1.54) is 0 Å². The van der Waals surface area contributed by atoms with Gasteiger partial charge in [-0.05, 0) is 35.7 Å². The fourth-order valence-corrected chi connectivity index (χ4v) is 1.86. The molecule has 0 bridgehead atoms. The molecule has 0 aliphatic carbocycles. The fourth-order valence-electron chi connectivity index (χ4n) is 1.11. The molecule has 78 valence electrons. The first-order valence-corrected chi connectivity index (χ1v) is 5.67. The largest absolute Gasteiger partial charge is 0.348 e. The second kappa shape index (κ2) is 5.12. The van der Waals surface area contributed by atoms with Gasteiger partial charge in [-0.2, -0.15) is 11.3 Å². The lowest BCUT2D eigenvalue weighted by Gasteiger charge is -2.15. The predicted octanol–water partition coefficient (Wildman–Crippen LogP) is 1.66. The zero-order valence-electron chi connectivity index (χ0n) is 8.49. The average Bonchev–Trinajstić information content (AvgIpc) is 2.69. The maximum atomic E-state index is 11.4. The van der Waals surface area contributed by atoms with E-state index in [1.54, 1.807) is 11.3 Å². The minimum atomic E-state index is -0.393. The fraction of sp³-hybridized carbons (Fsp3) is 0.500. The van der Waals surface area contributed by atoms with Crippen LogP contribution in [0.4, 0.5) is 0 Å². The number of nitrogens with one attached hydrogen (secondary N) is 1. The van der Waals surface area contributed by atoms with Crippen molar-refractivity contribution in [2.45, 2.75) is 32.4 Å². The van der Waals surface area contributed by atoms with Gasteiger partial charge in [0, 0.05) is 0 Å². The van der Waals surface area contributed by atoms with E-state index in [2.05, 4.69) is 5.32 Å². The Balaban J connectivity index is 2.49. The van der Waals surface area contributed by atoms with Crippen LogP contribution in [-0.2, 0) is 4.79 Å². The van der Waals surface area contributed by atoms with Crippen LogP contribution in [0.25, 0.3) is 0 Å². The lowest BCUT2D eigenvalue weighted by Crippen LogP contribution is -2.41. The Kier molecular flexibility index (Phi) is 4.10. The number of nitrogens with two attached hydrogens (primary N) is 1. The minimum absolute atomic E-state index is 0.0475. The van der Waals surface area contributed by atoms with Crippen molar-refractivity contribution in [1.29, 1.82) is 0 Å². The molecule has 0 fully saturated rings. The standard InChI is InChI=1S/C10H16N2OS/c1-3-9(11)10(13)12-7(2)8-4-5-14-6-8/h4-7,9H,3,11H2,1-2H3,(H,12,13)/t7?,9-/m0/s1. The molecule has 1 rings (SSSR count). The van der Waals surface area contributed by atoms with Gasteiger partial charge in [0.05, 0.1) is 12.1 Å². The first-order chi connectivity index (χ1) is 6.65. The summed E-state index contributed by atoms with van der Waals surface area (Å²) in [6.45, 7) is 3.86. The van der Waals surface area contributed by atoms with Crippen LogP contribution < -0.4 is 11.1 Å². The summed E-state index contributed by atoms with van der Waals surface area (Å²) < 4.78 is 0. The highest BCUT2D eigenvalue weighted by Gasteiger charge is 2.14. The Bertz CT molecular complexity index is 284. The van der Waals surface area contributed by atoms with Gasteiger partial charge in [-0.15, -0.1) is 0 Å². The van der Waals surface area contributed by atoms with Crippen molar-refractivity contribution >= 4 is 17.2 Å². The highest BCUT2D eigenvalue weighted by Crippen LogP contribution is 2.15. The number of thiophene rings is 1. The smallest absolute Gasteiger partial charge is 0.237 e. The Labute approximate surface area is 88.3 Å². The van der Waals surface area contributed by atoms with Crippen molar-refractivity contribution in [2.75, 3.05) is 0 Å². The predicted molar refractivity (Wildman–Crippen MR) is 59.1 cm³/mol. The van der Waals surface area contributed by atoms with E-state index >= 15 is 0 Å². The Hall–Kier alpha value is -0.870. The molecular weight excluding hydrogens is 196 g/mol. The van der Waals surface area contributed by atoms with Gasteiger partial charge >= 0.3 is 0 Å². The SMILES string of the molecule is CC[C@H](N)C(=O)NC(C)c1ccsc1. The number of amides is 1. The Morgan fingerprint density at radius 2 is 2.43 bits per heavy atom. The van der Waals surface area contributed by atoms with Crippen LogP contribution in [-0.4, -0.2) is 11.9 Å². The topological polar surface area (TPSA) is 55.1 Å². The minimum Gasteiger partial charge on any atom is -0.348 e. The second-order valence-electron chi connectivity index (χ2n) is 3.30. The van der Waals surface area contributed by atoms with E-state index < -0.39 is 6.04 Å². The van der Waals surface area contributed by atoms with E-state index in [-0.39, 0.29) is 11.9 Å². The summed E-state index contributed by atoms with van der Waals surface area (Å²) in [5, 5.41) is 6.90. The van der Waals surface area contributed by atoms with Crippen LogP contribution >= 0.6 is 11.3 Å². The van der Waals surface area contributed by atoms with Crippen molar-refractivity contribution in [2.24, 2.45) is 5.73 Å². The lowest BCUT2D eigenvalue weighted by atomic mass is 10.1. The molecule has 0 aromatic carbocycles. The molecule has 0 radical (unpaired) electrons. The van der Waals surface area contributed by atoms with E-state index in [1.807, 2.05) is 30.7 Å². The third kappa shape index (κ3) is 2.82. The van der Waals surface area contributed by atoms with Gasteiger partial charge in [0.1, 0.15) is 0 Å². The van der Waals surface area contributed by atoms with Crippen LogP contribution in [0.1, 0.15) is 31.9 Å². The number of rotatable bonds is 4. The molecule has 1 unspecified atom stereocenters. The first-order valence-electron chi connectivity index (χ1n) is 4.73. The van der Waals surface area contributed by atoms with Crippen LogP contribution in [0.2, 0.25) is 0 Å². The van der Waals surface area contributed by atoms with Gasteiger partial charge in [-0.1, -0.05) is 6.92 Å². The molecule has 3 nitrogen and oxygen atoms in total. The van der Waals surface area contributed by atoms with Crippen molar-refractivity contribution in [3.8, 4) is 0 Å². The maximum Gasteiger partial charge on any atom is 0.237 e. The molecule has 4 heteroatoms. The number of hydrogen-bond acceptors (Lipinski definition) is 3. The summed E-state index contributed by atoms with van der Waals surface area (Å²) in [6, 6.07) is 1.66. The summed E-state index contributed by atoms with van der Waals surface area (Å²) in [7, 11) is 0. The van der Waals surface area contributed by atoms with Gasteiger partial charge < -0.3 is 11.1 Å². The van der Waals surface area contributed by atoms with Crippen LogP contribution in [0.15, 0.2) is 16.8 Å². The van der Waals surface area contributed by atoms with Gasteiger partial charge in [-0.3, -0.25) is 4.79 Å². The number of carbonyl (C=O) groups is 1. The molecule has 0 spiro atoms. The highest BCUT2D eigenvalue weighted by atomic mass is 32.1. The average molecular weight is 212 g/mol. The summed E-state index contributed by atoms with van der Waals surface area (Å²) in [5.74, 6) is -0.0776. The summed E-state index contributed by atoms with van der Waals surface area (Å²) in [5.41, 5.74) is 6.74. The molecule has 0 aliphatic heterocycles. The van der Waals surface area contributed by atoms with Crippen LogP contribution in [0.5, 0.6) is 0 Å². The molecule has 1 amide bonds. The molecule has 0 saturated carbocycles. The Morgan fingerprint density at radius 1 is 1.71 bits per heavy atom. The van der Waals surface area contributed by atoms with Gasteiger partial charge in [0.25, 0.3) is 0 Å². The molecule has 0 saturated heterocycles. The van der Waals surface area contributed by atoms with Crippen LogP contribution in [0.3, 0.4) is 0 Å². The monoisotopic (exact) mass is 212 g/mol. The van der Waals surface area contributed by atoms with Gasteiger partial charge in [0.2, 0.25) is 5.91 Å². The normalized spacial score (nSPS) is 14.8. The summed E-state index contributed by atoms with van der Waals surface area (Å²) in [4.78, 5) is 11.4. The first kappa shape index (κ1) is 11.2. The number of carbonyl (C=O) groups excluding carboxylic acids is 1. The quantitative estimate of drug-likeness (QED) is 0.797. The van der Waals surface area contributed by atoms with Gasteiger partial charge in [0.15, 0.2) is 0 Å². The van der Waals surface area contributed by atoms with Crippen LogP contribution in [0, 0.1) is 0 Å². The summed E-state index contributed by atoms with van der Waals surface area (Å²) in [6.07, 6.45) is 0.669. The van der Waals surface area contributed by atoms with Crippen molar-refractivity contribution in [3.05, 3.63) is 22.4 Å². The zero-order chi connectivity index (χ0) is 10.6. The molecule has 0 aliphatic rings. The molecule has 14 heavy (non-hydrogen) atoms. The molecule has 1 aromatic rings. The van der Waals surface area contributed by atoms with Gasteiger partial charge in [-0.25, -0.2) is 0 Å². The molecule has 2 atom stereocenters. The van der Waals surface area contributed by atoms with E-state index in [0.29, 0.717) is 6.42 Å². The zero-order valence-corrected chi connectivity index (χ0v) is 9.30. The number of hydrogen-bond donors (Lipinski definition) is 2.